The number of carbonyl (C=O) groups excluding carboxylic acids is 1. The second-order valence-corrected chi connectivity index (χ2v) is 8.17. The molecule has 0 saturated carbocycles. The molecule has 0 saturated heterocycles. The Morgan fingerprint density at radius 3 is 2.30 bits per heavy atom. The van der Waals surface area contributed by atoms with Gasteiger partial charge >= 0.3 is 0 Å². The van der Waals surface area contributed by atoms with Gasteiger partial charge in [0.05, 0.1) is 12.8 Å². The lowest BCUT2D eigenvalue weighted by atomic mass is 10.0. The summed E-state index contributed by atoms with van der Waals surface area (Å²) in [6.45, 7) is 4.75. The van der Waals surface area contributed by atoms with Crippen molar-refractivity contribution < 1.29 is 13.2 Å². The molecule has 0 aliphatic carbocycles. The lowest BCUT2D eigenvalue weighted by Gasteiger charge is -2.22. The Hall–Kier alpha value is -1.44. The second kappa shape index (κ2) is 8.42. The van der Waals surface area contributed by atoms with Crippen molar-refractivity contribution in [1.82, 2.24) is 9.21 Å². The Kier molecular flexibility index (Phi) is 7.18. The first-order valence-electron chi connectivity index (χ1n) is 7.60. The molecule has 0 atom stereocenters. The molecule has 0 radical (unpaired) electrons. The average molecular weight is 341 g/mol. The van der Waals surface area contributed by atoms with E-state index in [0.717, 1.165) is 17.5 Å². The Balaban J connectivity index is 2.80. The van der Waals surface area contributed by atoms with E-state index in [1.807, 2.05) is 57.1 Å². The summed E-state index contributed by atoms with van der Waals surface area (Å²) in [5, 5.41) is 2.82. The first-order valence-corrected chi connectivity index (χ1v) is 9.44. The fourth-order valence-corrected chi connectivity index (χ4v) is 2.90. The quantitative estimate of drug-likeness (QED) is 0.779. The van der Waals surface area contributed by atoms with E-state index in [4.69, 9.17) is 0 Å². The molecule has 0 aromatic heterocycles. The number of carbonyl (C=O) groups is 1. The van der Waals surface area contributed by atoms with Gasteiger partial charge in [-0.2, -0.15) is 4.31 Å². The largest absolute Gasteiger partial charge is 0.325 e. The molecule has 1 amide bonds. The molecular formula is C16H27N3O3S. The van der Waals surface area contributed by atoms with Gasteiger partial charge in [0.2, 0.25) is 15.9 Å². The number of hydrogen-bond donors (Lipinski definition) is 1. The number of likely N-dealkylation sites (N-methyl/N-ethyl adjacent to an activating group) is 1. The number of amides is 1. The lowest BCUT2D eigenvalue weighted by Crippen LogP contribution is -2.41. The molecule has 0 aliphatic rings. The highest BCUT2D eigenvalue weighted by Gasteiger charge is 2.20. The maximum absolute atomic E-state index is 12.3. The third kappa shape index (κ3) is 6.68. The highest BCUT2D eigenvalue weighted by Crippen LogP contribution is 2.23. The molecule has 0 bridgehead atoms. The zero-order valence-corrected chi connectivity index (χ0v) is 15.4. The number of rotatable bonds is 8. The highest BCUT2D eigenvalue weighted by atomic mass is 32.2. The lowest BCUT2D eigenvalue weighted by molar-refractivity contribution is -0.116. The summed E-state index contributed by atoms with van der Waals surface area (Å²) in [7, 11) is 0.293. The Labute approximate surface area is 139 Å². The second-order valence-electron chi connectivity index (χ2n) is 6.19. The molecule has 1 rings (SSSR count). The summed E-state index contributed by atoms with van der Waals surface area (Å²) in [5.74, 6) is -0.0615. The molecule has 0 heterocycles. The van der Waals surface area contributed by atoms with Crippen molar-refractivity contribution in [1.29, 1.82) is 0 Å². The van der Waals surface area contributed by atoms with Gasteiger partial charge in [-0.1, -0.05) is 32.0 Å². The molecule has 1 aromatic rings. The van der Waals surface area contributed by atoms with Crippen molar-refractivity contribution in [3.05, 3.63) is 29.8 Å². The summed E-state index contributed by atoms with van der Waals surface area (Å²) in [4.78, 5) is 14.1. The van der Waals surface area contributed by atoms with Crippen LogP contribution in [-0.4, -0.2) is 63.5 Å². The van der Waals surface area contributed by atoms with Gasteiger partial charge in [0.15, 0.2) is 0 Å². The van der Waals surface area contributed by atoms with Crippen LogP contribution in [0.3, 0.4) is 0 Å². The third-order valence-electron chi connectivity index (χ3n) is 3.44. The van der Waals surface area contributed by atoms with Gasteiger partial charge in [-0.05, 0) is 31.6 Å². The maximum Gasteiger partial charge on any atom is 0.239 e. The van der Waals surface area contributed by atoms with Crippen LogP contribution in [-0.2, 0) is 14.8 Å². The first kappa shape index (κ1) is 19.6. The van der Waals surface area contributed by atoms with Crippen LogP contribution in [0.15, 0.2) is 24.3 Å². The van der Waals surface area contributed by atoms with Crippen LogP contribution in [0.5, 0.6) is 0 Å². The van der Waals surface area contributed by atoms with E-state index < -0.39 is 10.0 Å². The maximum atomic E-state index is 12.3. The fourth-order valence-electron chi connectivity index (χ4n) is 2.14. The van der Waals surface area contributed by atoms with Gasteiger partial charge in [0.25, 0.3) is 0 Å². The van der Waals surface area contributed by atoms with E-state index in [-0.39, 0.29) is 24.9 Å². The van der Waals surface area contributed by atoms with Gasteiger partial charge in [-0.3, -0.25) is 4.79 Å². The number of nitrogens with one attached hydrogen (secondary N) is 1. The molecule has 0 fully saturated rings. The minimum atomic E-state index is -3.43. The fraction of sp³-hybridized carbons (Fsp3) is 0.562. The standard InChI is InChI=1S/C16H27N3O3S/c1-13(2)14-8-6-7-9-15(14)17-16(20)12-19(23(5,21)22)11-10-18(3)4/h6-9,13H,10-12H2,1-5H3,(H,17,20). The van der Waals surface area contributed by atoms with Crippen LogP contribution in [0.25, 0.3) is 0 Å². The number of sulfonamides is 1. The van der Waals surface area contributed by atoms with Crippen LogP contribution in [0.1, 0.15) is 25.3 Å². The van der Waals surface area contributed by atoms with Gasteiger partial charge in [0, 0.05) is 18.8 Å². The molecule has 7 heteroatoms. The van der Waals surface area contributed by atoms with E-state index in [2.05, 4.69) is 5.32 Å². The Bertz CT molecular complexity index is 627. The molecule has 0 aliphatic heterocycles. The third-order valence-corrected chi connectivity index (χ3v) is 4.69. The number of anilines is 1. The minimum absolute atomic E-state index is 0.181. The molecule has 0 unspecified atom stereocenters. The molecule has 6 nitrogen and oxygen atoms in total. The SMILES string of the molecule is CC(C)c1ccccc1NC(=O)CN(CCN(C)C)S(C)(=O)=O. The number of hydrogen-bond acceptors (Lipinski definition) is 4. The Morgan fingerprint density at radius 2 is 1.78 bits per heavy atom. The van der Waals surface area contributed by atoms with E-state index >= 15 is 0 Å². The summed E-state index contributed by atoms with van der Waals surface area (Å²) in [6, 6.07) is 7.56. The zero-order chi connectivity index (χ0) is 17.6. The molecule has 1 aromatic carbocycles. The minimum Gasteiger partial charge on any atom is -0.325 e. The summed E-state index contributed by atoms with van der Waals surface area (Å²) >= 11 is 0. The summed E-state index contributed by atoms with van der Waals surface area (Å²) in [6.07, 6.45) is 1.12. The smallest absolute Gasteiger partial charge is 0.239 e. The number of para-hydroxylation sites is 1. The molecular weight excluding hydrogens is 314 g/mol. The normalized spacial score (nSPS) is 12.2. The molecule has 1 N–H and O–H groups in total. The molecule has 0 spiro atoms. The van der Waals surface area contributed by atoms with E-state index in [1.165, 1.54) is 4.31 Å². The Morgan fingerprint density at radius 1 is 1.17 bits per heavy atom. The van der Waals surface area contributed by atoms with Crippen molar-refractivity contribution in [2.24, 2.45) is 0 Å². The summed E-state index contributed by atoms with van der Waals surface area (Å²) < 4.78 is 24.9. The summed E-state index contributed by atoms with van der Waals surface area (Å²) in [5.41, 5.74) is 1.76. The topological polar surface area (TPSA) is 69.7 Å². The van der Waals surface area contributed by atoms with Crippen LogP contribution >= 0.6 is 0 Å². The monoisotopic (exact) mass is 341 g/mol. The van der Waals surface area contributed by atoms with Crippen molar-refractivity contribution in [2.75, 3.05) is 45.3 Å². The van der Waals surface area contributed by atoms with Crippen molar-refractivity contribution in [3.63, 3.8) is 0 Å². The van der Waals surface area contributed by atoms with E-state index in [1.54, 1.807) is 0 Å². The van der Waals surface area contributed by atoms with E-state index in [9.17, 15) is 13.2 Å². The van der Waals surface area contributed by atoms with Gasteiger partial charge < -0.3 is 10.2 Å². The number of nitrogens with zero attached hydrogens (tertiary/aromatic N) is 2. The highest BCUT2D eigenvalue weighted by molar-refractivity contribution is 7.88. The van der Waals surface area contributed by atoms with Crippen molar-refractivity contribution in [2.45, 2.75) is 19.8 Å². The predicted octanol–water partition coefficient (Wildman–Crippen LogP) is 1.57. The van der Waals surface area contributed by atoms with Crippen LogP contribution < -0.4 is 5.32 Å². The molecule has 23 heavy (non-hydrogen) atoms. The predicted molar refractivity (Wildman–Crippen MR) is 94.1 cm³/mol. The first-order chi connectivity index (χ1) is 10.6. The average Bonchev–Trinajstić information content (AvgIpc) is 2.42. The zero-order valence-electron chi connectivity index (χ0n) is 14.5. The van der Waals surface area contributed by atoms with Gasteiger partial charge in [-0.15, -0.1) is 0 Å². The van der Waals surface area contributed by atoms with Crippen molar-refractivity contribution >= 4 is 21.6 Å². The number of benzene rings is 1. The van der Waals surface area contributed by atoms with Crippen molar-refractivity contribution in [3.8, 4) is 0 Å². The van der Waals surface area contributed by atoms with Gasteiger partial charge in [0.1, 0.15) is 0 Å². The van der Waals surface area contributed by atoms with Crippen LogP contribution in [0.2, 0.25) is 0 Å². The molecule has 130 valence electrons. The van der Waals surface area contributed by atoms with Crippen LogP contribution in [0, 0.1) is 0 Å². The van der Waals surface area contributed by atoms with Crippen LogP contribution in [0.4, 0.5) is 5.69 Å². The van der Waals surface area contributed by atoms with Gasteiger partial charge in [-0.25, -0.2) is 8.42 Å². The van der Waals surface area contributed by atoms with E-state index in [0.29, 0.717) is 6.54 Å².